The molecule has 0 spiro atoms. The molecule has 0 radical (unpaired) electrons. The van der Waals surface area contributed by atoms with Gasteiger partial charge >= 0.3 is 35.8 Å². The minimum atomic E-state index is -2.39. The number of benzene rings is 4. The molecule has 2 saturated carbocycles. The number of aromatic carboxylic acids is 2. The van der Waals surface area contributed by atoms with Gasteiger partial charge in [-0.15, -0.1) is 0 Å². The van der Waals surface area contributed by atoms with Gasteiger partial charge in [0.2, 0.25) is 0 Å². The second-order valence-electron chi connectivity index (χ2n) is 19.5. The number of carbonyl (C=O) groups is 8. The zero-order valence-corrected chi connectivity index (χ0v) is 41.3. The van der Waals surface area contributed by atoms with Crippen molar-refractivity contribution in [3.05, 3.63) is 154 Å². The van der Waals surface area contributed by atoms with E-state index in [0.29, 0.717) is 5.56 Å². The lowest BCUT2D eigenvalue weighted by Gasteiger charge is -2.67. The number of fused-ring (bicyclic) bond motifs is 5. The van der Waals surface area contributed by atoms with Crippen molar-refractivity contribution in [2.75, 3.05) is 6.61 Å². The molecule has 19 nitrogen and oxygen atoms in total. The lowest BCUT2D eigenvalue weighted by molar-refractivity contribution is -0.346. The molecule has 2 bridgehead atoms. The number of carboxylic acids is 2. The first-order valence-corrected chi connectivity index (χ1v) is 23.7. The van der Waals surface area contributed by atoms with Crippen molar-refractivity contribution in [1.29, 1.82) is 0 Å². The normalized spacial score (nSPS) is 28.2. The molecular formula is C55H57NO18. The largest absolute Gasteiger partial charge is 0.478 e. The molecule has 3 aliphatic carbocycles. The van der Waals surface area contributed by atoms with Gasteiger partial charge in [0.25, 0.3) is 5.91 Å². The van der Waals surface area contributed by atoms with Gasteiger partial charge in [-0.3, -0.25) is 19.2 Å². The molecule has 74 heavy (non-hydrogen) atoms. The number of aliphatic hydroxyl groups is 3. The van der Waals surface area contributed by atoms with Crippen LogP contribution in [0.15, 0.2) is 126 Å². The summed E-state index contributed by atoms with van der Waals surface area (Å²) in [6, 6.07) is 28.4. The van der Waals surface area contributed by atoms with E-state index in [2.05, 4.69) is 5.32 Å². The molecule has 19 heteroatoms. The molecule has 1 saturated heterocycles. The lowest BCUT2D eigenvalue weighted by atomic mass is 9.44. The number of carbonyl (C=O) groups excluding carboxylic acids is 6. The average molecular weight is 1020 g/mol. The highest BCUT2D eigenvalue weighted by molar-refractivity contribution is 6.01. The van der Waals surface area contributed by atoms with Crippen molar-refractivity contribution < 1.29 is 87.6 Å². The first kappa shape index (κ1) is 54.2. The Hall–Kier alpha value is -7.58. The van der Waals surface area contributed by atoms with E-state index in [0.717, 1.165) is 13.8 Å². The Morgan fingerprint density at radius 2 is 1.26 bits per heavy atom. The third-order valence-electron chi connectivity index (χ3n) is 14.9. The maximum Gasteiger partial charge on any atom is 0.338 e. The van der Waals surface area contributed by atoms with E-state index >= 15 is 4.79 Å². The van der Waals surface area contributed by atoms with E-state index in [-0.39, 0.29) is 46.4 Å². The molecule has 4 aliphatic rings. The number of ether oxygens (including phenoxy) is 5. The second-order valence-corrected chi connectivity index (χ2v) is 19.5. The lowest BCUT2D eigenvalue weighted by Crippen LogP contribution is -2.82. The summed E-state index contributed by atoms with van der Waals surface area (Å²) in [5.74, 6) is -9.30. The first-order chi connectivity index (χ1) is 34.9. The van der Waals surface area contributed by atoms with Gasteiger partial charge in [0, 0.05) is 37.7 Å². The van der Waals surface area contributed by atoms with Gasteiger partial charge in [-0.25, -0.2) is 19.2 Å². The molecular weight excluding hydrogens is 963 g/mol. The SMILES string of the molecule is CC(=O)O[C@H]1C(=O)[C@@]2(C)[C@H]([C@H](OC(=O)c3ccccc3)[C@]3(O)C[C@H](OC(=O)[C@H](O)[C@@H](NC(=O)c4ccccc4)c4ccccc4)C(C)=C1C3(C)C)[C@]1(OC(C)=O)CO[C@@H]1C[C@@H]2O.O=C(O)c1ccccc1C(=O)O. The third kappa shape index (κ3) is 9.82. The van der Waals surface area contributed by atoms with Crippen molar-refractivity contribution in [3.63, 3.8) is 0 Å². The van der Waals surface area contributed by atoms with E-state index in [4.69, 9.17) is 33.9 Å². The van der Waals surface area contributed by atoms with Gasteiger partial charge in [0.15, 0.2) is 23.6 Å². The number of ketones is 1. The number of nitrogens with one attached hydrogen (secondary N) is 1. The zero-order chi connectivity index (χ0) is 54.1. The summed E-state index contributed by atoms with van der Waals surface area (Å²) in [6.07, 6.45) is -10.5. The Morgan fingerprint density at radius 3 is 1.76 bits per heavy atom. The van der Waals surface area contributed by atoms with Crippen LogP contribution >= 0.6 is 0 Å². The number of aliphatic hydroxyl groups excluding tert-OH is 2. The van der Waals surface area contributed by atoms with Crippen LogP contribution in [0.5, 0.6) is 0 Å². The number of hydrogen-bond acceptors (Lipinski definition) is 16. The first-order valence-electron chi connectivity index (χ1n) is 23.7. The number of esters is 4. The highest BCUT2D eigenvalue weighted by Gasteiger charge is 2.78. The van der Waals surface area contributed by atoms with Crippen LogP contribution in [0, 0.1) is 16.7 Å². The number of rotatable bonds is 12. The summed E-state index contributed by atoms with van der Waals surface area (Å²) >= 11 is 0. The zero-order valence-electron chi connectivity index (χ0n) is 41.3. The van der Waals surface area contributed by atoms with Crippen LogP contribution in [0.25, 0.3) is 0 Å². The predicted molar refractivity (Wildman–Crippen MR) is 258 cm³/mol. The maximum absolute atomic E-state index is 15.5. The Morgan fingerprint density at radius 1 is 0.730 bits per heavy atom. The molecule has 1 amide bonds. The standard InChI is InChI=1S/C47H51NO14.C8H6O4/c1-25-31(60-43(56)36(52)35(28-16-10-7-11-17-28)48-41(54)29-18-12-8-13-19-29)23-47(57)40(61-42(55)30-20-14-9-15-21-30)38-45(6,32(51)22-33-46(38,24-58-33)62-27(3)50)39(53)37(59-26(2)49)34(25)44(47,4)5;9-7(10)5-3-1-2-4-6(5)8(11)12/h7-21,31-33,35-38,40,51-52,57H,22-24H2,1-6H3,(H,48,54);1-4H,(H,9,10)(H,11,12)/t31-,32-,33+,35-,36+,37+,38-,40-,45+,46-,47+;/m0./s1. The Bertz CT molecular complexity index is 2840. The van der Waals surface area contributed by atoms with E-state index < -0.39 is 125 Å². The number of hydrogen-bond donors (Lipinski definition) is 6. The van der Waals surface area contributed by atoms with Crippen LogP contribution in [0.4, 0.5) is 0 Å². The summed E-state index contributed by atoms with van der Waals surface area (Å²) in [7, 11) is 0. The van der Waals surface area contributed by atoms with Crippen molar-refractivity contribution in [3.8, 4) is 0 Å². The summed E-state index contributed by atoms with van der Waals surface area (Å²) in [5, 5.41) is 57.3. The quantitative estimate of drug-likeness (QED) is 0.0630. The van der Waals surface area contributed by atoms with Gasteiger partial charge in [0.1, 0.15) is 23.9 Å². The molecule has 11 atom stereocenters. The molecule has 390 valence electrons. The maximum atomic E-state index is 15.5. The van der Waals surface area contributed by atoms with Crippen LogP contribution in [0.3, 0.4) is 0 Å². The van der Waals surface area contributed by atoms with E-state index in [1.165, 1.54) is 50.2 Å². The summed E-state index contributed by atoms with van der Waals surface area (Å²) in [6.45, 7) is 7.97. The summed E-state index contributed by atoms with van der Waals surface area (Å²) < 4.78 is 30.3. The predicted octanol–water partition coefficient (Wildman–Crippen LogP) is 4.82. The van der Waals surface area contributed by atoms with Gasteiger partial charge in [-0.2, -0.15) is 0 Å². The number of amides is 1. The molecule has 0 aromatic heterocycles. The van der Waals surface area contributed by atoms with E-state index in [1.54, 1.807) is 92.7 Å². The minimum absolute atomic E-state index is 0.00289. The second kappa shape index (κ2) is 21.1. The van der Waals surface area contributed by atoms with Crippen molar-refractivity contribution in [2.24, 2.45) is 16.7 Å². The number of Topliss-reactive ketones (excluding diaryl/α,β-unsaturated/α-hetero) is 1. The van der Waals surface area contributed by atoms with Crippen molar-refractivity contribution in [2.45, 2.75) is 108 Å². The Labute approximate surface area is 425 Å². The van der Waals surface area contributed by atoms with Crippen LogP contribution in [-0.4, -0.2) is 127 Å². The number of carboxylic acid groups (broad SMARTS) is 2. The molecule has 4 aromatic carbocycles. The van der Waals surface area contributed by atoms with Crippen LogP contribution in [-0.2, 0) is 42.9 Å². The topological polar surface area (TPSA) is 296 Å². The fourth-order valence-corrected chi connectivity index (χ4v) is 11.0. The van der Waals surface area contributed by atoms with Gasteiger partial charge in [-0.1, -0.05) is 92.7 Å². The molecule has 8 rings (SSSR count). The summed E-state index contributed by atoms with van der Waals surface area (Å²) in [4.78, 5) is 104. The Kier molecular flexibility index (Phi) is 15.5. The van der Waals surface area contributed by atoms with Gasteiger partial charge in [-0.05, 0) is 67.0 Å². The molecule has 3 fully saturated rings. The molecule has 1 heterocycles. The monoisotopic (exact) mass is 1020 g/mol. The van der Waals surface area contributed by atoms with E-state index in [9.17, 15) is 48.9 Å². The van der Waals surface area contributed by atoms with Crippen LogP contribution in [0.2, 0.25) is 0 Å². The minimum Gasteiger partial charge on any atom is -0.478 e. The molecule has 0 unspecified atom stereocenters. The Balaban J connectivity index is 0.000000586. The third-order valence-corrected chi connectivity index (χ3v) is 14.9. The molecule has 1 aliphatic heterocycles. The molecule has 4 aromatic rings. The average Bonchev–Trinajstić information content (AvgIpc) is 3.36. The fraction of sp³-hybridized carbons (Fsp3) is 0.382. The van der Waals surface area contributed by atoms with E-state index in [1.807, 2.05) is 0 Å². The summed E-state index contributed by atoms with van der Waals surface area (Å²) in [5.41, 5.74) is -7.40. The van der Waals surface area contributed by atoms with Crippen molar-refractivity contribution >= 4 is 47.5 Å². The highest BCUT2D eigenvalue weighted by Crippen LogP contribution is 2.64. The van der Waals surface area contributed by atoms with Gasteiger partial charge < -0.3 is 54.5 Å². The van der Waals surface area contributed by atoms with Crippen molar-refractivity contribution in [1.82, 2.24) is 5.32 Å². The van der Waals surface area contributed by atoms with Crippen LogP contribution in [0.1, 0.15) is 107 Å². The highest BCUT2D eigenvalue weighted by atomic mass is 16.6. The van der Waals surface area contributed by atoms with Gasteiger partial charge in [0.05, 0.1) is 46.8 Å². The fourth-order valence-electron chi connectivity index (χ4n) is 11.0. The molecule has 6 N–H and O–H groups in total. The van der Waals surface area contributed by atoms with Crippen LogP contribution < -0.4 is 5.32 Å². The smallest absolute Gasteiger partial charge is 0.338 e.